The smallest absolute Gasteiger partial charge is 0.232 e. The topological polar surface area (TPSA) is 17.8 Å². The molecule has 0 fully saturated rings. The van der Waals surface area contributed by atoms with Gasteiger partial charge in [0.05, 0.1) is 6.04 Å². The molecular formula is C11H11FN2. The van der Waals surface area contributed by atoms with Crippen molar-refractivity contribution in [1.82, 2.24) is 9.78 Å². The lowest BCUT2D eigenvalue weighted by Crippen LogP contribution is -2.07. The van der Waals surface area contributed by atoms with E-state index in [9.17, 15) is 4.39 Å². The van der Waals surface area contributed by atoms with Gasteiger partial charge in [0.1, 0.15) is 0 Å². The summed E-state index contributed by atoms with van der Waals surface area (Å²) in [4.78, 5) is 0. The molecule has 2 nitrogen and oxygen atoms in total. The van der Waals surface area contributed by atoms with E-state index >= 15 is 0 Å². The van der Waals surface area contributed by atoms with Crippen molar-refractivity contribution in [2.45, 2.75) is 13.0 Å². The van der Waals surface area contributed by atoms with E-state index in [1.165, 1.54) is 6.07 Å². The first-order valence-electron chi connectivity index (χ1n) is 4.53. The molecule has 0 saturated carbocycles. The van der Waals surface area contributed by atoms with Gasteiger partial charge in [0, 0.05) is 12.3 Å². The first-order chi connectivity index (χ1) is 6.77. The Balaban J connectivity index is 2.29. The van der Waals surface area contributed by atoms with Gasteiger partial charge in [0.2, 0.25) is 5.95 Å². The van der Waals surface area contributed by atoms with Crippen LogP contribution in [0, 0.1) is 5.95 Å². The second-order valence-corrected chi connectivity index (χ2v) is 3.21. The molecule has 3 heteroatoms. The zero-order valence-electron chi connectivity index (χ0n) is 7.89. The van der Waals surface area contributed by atoms with Crippen LogP contribution in [0.5, 0.6) is 0 Å². The van der Waals surface area contributed by atoms with Gasteiger partial charge >= 0.3 is 0 Å². The highest BCUT2D eigenvalue weighted by Gasteiger charge is 2.07. The van der Waals surface area contributed by atoms with Gasteiger partial charge in [-0.2, -0.15) is 4.39 Å². The summed E-state index contributed by atoms with van der Waals surface area (Å²) >= 11 is 0. The predicted molar refractivity (Wildman–Crippen MR) is 52.4 cm³/mol. The van der Waals surface area contributed by atoms with E-state index in [1.54, 1.807) is 10.9 Å². The monoisotopic (exact) mass is 190 g/mol. The second kappa shape index (κ2) is 3.62. The molecule has 0 bridgehead atoms. The molecule has 0 unspecified atom stereocenters. The molecule has 1 heterocycles. The molecule has 0 saturated heterocycles. The molecule has 0 N–H and O–H groups in total. The van der Waals surface area contributed by atoms with Gasteiger partial charge in [-0.25, -0.2) is 0 Å². The molecule has 72 valence electrons. The quantitative estimate of drug-likeness (QED) is 0.711. The Hall–Kier alpha value is -1.64. The third-order valence-corrected chi connectivity index (χ3v) is 2.25. The SMILES string of the molecule is C[C@H](c1ccccc1)n1ccc(F)n1. The summed E-state index contributed by atoms with van der Waals surface area (Å²) in [6, 6.07) is 11.3. The molecule has 1 aromatic heterocycles. The van der Waals surface area contributed by atoms with E-state index in [-0.39, 0.29) is 6.04 Å². The van der Waals surface area contributed by atoms with Gasteiger partial charge in [-0.05, 0) is 12.5 Å². The molecular weight excluding hydrogens is 179 g/mol. The lowest BCUT2D eigenvalue weighted by molar-refractivity contribution is 0.499. The first kappa shape index (κ1) is 8.94. The van der Waals surface area contributed by atoms with Crippen LogP contribution in [-0.4, -0.2) is 9.78 Å². The fourth-order valence-corrected chi connectivity index (χ4v) is 1.41. The Morgan fingerprint density at radius 1 is 1.21 bits per heavy atom. The van der Waals surface area contributed by atoms with E-state index in [1.807, 2.05) is 37.3 Å². The van der Waals surface area contributed by atoms with Crippen LogP contribution in [0.15, 0.2) is 42.6 Å². The molecule has 14 heavy (non-hydrogen) atoms. The Morgan fingerprint density at radius 2 is 1.93 bits per heavy atom. The average Bonchev–Trinajstić information content (AvgIpc) is 2.65. The summed E-state index contributed by atoms with van der Waals surface area (Å²) in [5.74, 6) is -0.437. The normalized spacial score (nSPS) is 12.7. The van der Waals surface area contributed by atoms with Crippen molar-refractivity contribution in [2.75, 3.05) is 0 Å². The first-order valence-corrected chi connectivity index (χ1v) is 4.53. The maximum absolute atomic E-state index is 12.7. The fraction of sp³-hybridized carbons (Fsp3) is 0.182. The van der Waals surface area contributed by atoms with Crippen molar-refractivity contribution in [3.8, 4) is 0 Å². The standard InChI is InChI=1S/C11H11FN2/c1-9(10-5-3-2-4-6-10)14-8-7-11(12)13-14/h2-9H,1H3/t9-/m1/s1. The van der Waals surface area contributed by atoms with Crippen LogP contribution in [0.2, 0.25) is 0 Å². The van der Waals surface area contributed by atoms with Gasteiger partial charge in [0.25, 0.3) is 0 Å². The third kappa shape index (κ3) is 1.66. The Labute approximate surface area is 82.0 Å². The van der Waals surface area contributed by atoms with Gasteiger partial charge in [-0.3, -0.25) is 4.68 Å². The molecule has 0 aliphatic heterocycles. The minimum Gasteiger partial charge on any atom is -0.263 e. The number of hydrogen-bond acceptors (Lipinski definition) is 1. The van der Waals surface area contributed by atoms with Crippen molar-refractivity contribution in [3.63, 3.8) is 0 Å². The summed E-state index contributed by atoms with van der Waals surface area (Å²) in [7, 11) is 0. The molecule has 0 aliphatic rings. The van der Waals surface area contributed by atoms with Crippen LogP contribution in [0.3, 0.4) is 0 Å². The number of nitrogens with zero attached hydrogens (tertiary/aromatic N) is 2. The fourth-order valence-electron chi connectivity index (χ4n) is 1.41. The molecule has 0 spiro atoms. The van der Waals surface area contributed by atoms with Crippen molar-refractivity contribution in [2.24, 2.45) is 0 Å². The Morgan fingerprint density at radius 3 is 2.50 bits per heavy atom. The highest BCUT2D eigenvalue weighted by atomic mass is 19.1. The molecule has 2 rings (SSSR count). The number of halogens is 1. The van der Waals surface area contributed by atoms with Gasteiger partial charge in [-0.15, -0.1) is 5.10 Å². The van der Waals surface area contributed by atoms with Gasteiger partial charge in [0.15, 0.2) is 0 Å². The summed E-state index contributed by atoms with van der Waals surface area (Å²) < 4.78 is 14.3. The number of rotatable bonds is 2. The molecule has 1 atom stereocenters. The van der Waals surface area contributed by atoms with Crippen LogP contribution in [-0.2, 0) is 0 Å². The minimum absolute atomic E-state index is 0.0701. The molecule has 0 aliphatic carbocycles. The zero-order valence-corrected chi connectivity index (χ0v) is 7.89. The summed E-state index contributed by atoms with van der Waals surface area (Å²) in [5, 5.41) is 3.74. The highest BCUT2D eigenvalue weighted by molar-refractivity contribution is 5.18. The van der Waals surface area contributed by atoms with E-state index in [0.29, 0.717) is 0 Å². The maximum Gasteiger partial charge on any atom is 0.232 e. The van der Waals surface area contributed by atoms with E-state index in [2.05, 4.69) is 5.10 Å². The molecule has 1 aromatic carbocycles. The largest absolute Gasteiger partial charge is 0.263 e. The highest BCUT2D eigenvalue weighted by Crippen LogP contribution is 2.16. The zero-order chi connectivity index (χ0) is 9.97. The Kier molecular flexibility index (Phi) is 2.31. The van der Waals surface area contributed by atoms with Crippen molar-refractivity contribution in [3.05, 3.63) is 54.1 Å². The Bertz CT molecular complexity index is 408. The third-order valence-electron chi connectivity index (χ3n) is 2.25. The molecule has 2 aromatic rings. The lowest BCUT2D eigenvalue weighted by Gasteiger charge is -2.11. The maximum atomic E-state index is 12.7. The van der Waals surface area contributed by atoms with E-state index < -0.39 is 5.95 Å². The molecule has 0 radical (unpaired) electrons. The van der Waals surface area contributed by atoms with Crippen molar-refractivity contribution < 1.29 is 4.39 Å². The average molecular weight is 190 g/mol. The predicted octanol–water partition coefficient (Wildman–Crippen LogP) is 2.63. The van der Waals surface area contributed by atoms with Crippen molar-refractivity contribution in [1.29, 1.82) is 0 Å². The van der Waals surface area contributed by atoms with E-state index in [0.717, 1.165) is 5.56 Å². The summed E-state index contributed by atoms with van der Waals surface area (Å²) in [6.45, 7) is 1.99. The van der Waals surface area contributed by atoms with Crippen LogP contribution in [0.25, 0.3) is 0 Å². The molecule has 0 amide bonds. The van der Waals surface area contributed by atoms with E-state index in [4.69, 9.17) is 0 Å². The summed E-state index contributed by atoms with van der Waals surface area (Å²) in [5.41, 5.74) is 1.12. The summed E-state index contributed by atoms with van der Waals surface area (Å²) in [6.07, 6.45) is 1.65. The van der Waals surface area contributed by atoms with Crippen molar-refractivity contribution >= 4 is 0 Å². The minimum atomic E-state index is -0.437. The number of aromatic nitrogens is 2. The van der Waals surface area contributed by atoms with Crippen LogP contribution in [0.4, 0.5) is 4.39 Å². The number of hydrogen-bond donors (Lipinski definition) is 0. The van der Waals surface area contributed by atoms with Crippen LogP contribution in [0.1, 0.15) is 18.5 Å². The van der Waals surface area contributed by atoms with Crippen LogP contribution < -0.4 is 0 Å². The second-order valence-electron chi connectivity index (χ2n) is 3.21. The lowest BCUT2D eigenvalue weighted by atomic mass is 10.1. The number of benzene rings is 1. The van der Waals surface area contributed by atoms with Gasteiger partial charge < -0.3 is 0 Å². The van der Waals surface area contributed by atoms with Crippen LogP contribution >= 0.6 is 0 Å². The van der Waals surface area contributed by atoms with Gasteiger partial charge in [-0.1, -0.05) is 30.3 Å².